The molecule has 0 amide bonds. The second-order valence-corrected chi connectivity index (χ2v) is 9.64. The highest BCUT2D eigenvalue weighted by atomic mass is 16.5. The Morgan fingerprint density at radius 2 is 1.47 bits per heavy atom. The lowest BCUT2D eigenvalue weighted by Crippen LogP contribution is -2.31. The minimum atomic E-state index is 0.740. The SMILES string of the molecule is CCCC.CN(C)C1CCC(c2ccc(OCCCN3CCCCC3)cc2)CC1.CNC. The monoisotopic (exact) mass is 447 g/mol. The van der Waals surface area contributed by atoms with Crippen molar-refractivity contribution >= 4 is 0 Å². The van der Waals surface area contributed by atoms with Crippen LogP contribution in [0.25, 0.3) is 0 Å². The molecule has 0 spiro atoms. The number of piperidine rings is 1. The molecule has 1 heterocycles. The normalized spacial score (nSPS) is 21.2. The summed E-state index contributed by atoms with van der Waals surface area (Å²) in [5.74, 6) is 1.77. The number of hydrogen-bond acceptors (Lipinski definition) is 4. The third-order valence-corrected chi connectivity index (χ3v) is 6.61. The summed E-state index contributed by atoms with van der Waals surface area (Å²) in [4.78, 5) is 4.97. The molecular weight excluding hydrogens is 394 g/mol. The molecule has 0 aromatic heterocycles. The van der Waals surface area contributed by atoms with E-state index in [9.17, 15) is 0 Å². The first-order chi connectivity index (χ1) is 15.5. The summed E-state index contributed by atoms with van der Waals surface area (Å²) in [5.41, 5.74) is 1.50. The molecule has 2 aliphatic rings. The van der Waals surface area contributed by atoms with Crippen LogP contribution in [0.2, 0.25) is 0 Å². The van der Waals surface area contributed by atoms with Crippen LogP contribution in [-0.4, -0.2) is 70.3 Å². The molecule has 4 heteroatoms. The number of likely N-dealkylation sites (tertiary alicyclic amines) is 1. The molecule has 0 atom stereocenters. The Bertz CT molecular complexity index is 530. The Morgan fingerprint density at radius 1 is 0.906 bits per heavy atom. The van der Waals surface area contributed by atoms with E-state index >= 15 is 0 Å². The third-order valence-electron chi connectivity index (χ3n) is 6.61. The van der Waals surface area contributed by atoms with E-state index in [1.165, 1.54) is 83.0 Å². The van der Waals surface area contributed by atoms with E-state index in [4.69, 9.17) is 4.74 Å². The molecule has 4 nitrogen and oxygen atoms in total. The van der Waals surface area contributed by atoms with Gasteiger partial charge in [-0.1, -0.05) is 45.2 Å². The van der Waals surface area contributed by atoms with Crippen molar-refractivity contribution in [1.29, 1.82) is 0 Å². The highest BCUT2D eigenvalue weighted by Gasteiger charge is 2.23. The van der Waals surface area contributed by atoms with Gasteiger partial charge in [0.05, 0.1) is 6.61 Å². The second-order valence-electron chi connectivity index (χ2n) is 9.64. The van der Waals surface area contributed by atoms with E-state index in [0.717, 1.165) is 30.7 Å². The van der Waals surface area contributed by atoms with Gasteiger partial charge in [0.2, 0.25) is 0 Å². The minimum absolute atomic E-state index is 0.740. The summed E-state index contributed by atoms with van der Waals surface area (Å²) >= 11 is 0. The van der Waals surface area contributed by atoms with Crippen LogP contribution >= 0.6 is 0 Å². The van der Waals surface area contributed by atoms with Crippen LogP contribution in [0.1, 0.15) is 89.5 Å². The largest absolute Gasteiger partial charge is 0.494 e. The molecule has 0 radical (unpaired) electrons. The van der Waals surface area contributed by atoms with E-state index in [0.29, 0.717) is 0 Å². The zero-order valence-electron chi connectivity index (χ0n) is 22.2. The fourth-order valence-corrected chi connectivity index (χ4v) is 4.42. The van der Waals surface area contributed by atoms with E-state index in [1.807, 2.05) is 14.1 Å². The molecule has 3 rings (SSSR count). The Morgan fingerprint density at radius 3 is 1.97 bits per heavy atom. The van der Waals surface area contributed by atoms with Gasteiger partial charge in [0, 0.05) is 12.6 Å². The molecule has 1 N–H and O–H groups in total. The second kappa shape index (κ2) is 18.3. The van der Waals surface area contributed by atoms with Crippen molar-refractivity contribution in [3.05, 3.63) is 29.8 Å². The number of benzene rings is 1. The number of unbranched alkanes of at least 4 members (excludes halogenated alkanes) is 1. The predicted octanol–water partition coefficient (Wildman–Crippen LogP) is 6.17. The maximum atomic E-state index is 5.95. The summed E-state index contributed by atoms with van der Waals surface area (Å²) in [6, 6.07) is 9.71. The number of rotatable bonds is 8. The zero-order chi connectivity index (χ0) is 23.6. The molecular formula is C28H53N3O. The van der Waals surface area contributed by atoms with Gasteiger partial charge in [-0.2, -0.15) is 0 Å². The molecule has 1 saturated heterocycles. The zero-order valence-corrected chi connectivity index (χ0v) is 22.2. The lowest BCUT2D eigenvalue weighted by Gasteiger charge is -2.32. The van der Waals surface area contributed by atoms with Gasteiger partial charge in [-0.3, -0.25) is 0 Å². The molecule has 1 saturated carbocycles. The molecule has 2 fully saturated rings. The average molecular weight is 448 g/mol. The number of nitrogens with zero attached hydrogens (tertiary/aromatic N) is 2. The van der Waals surface area contributed by atoms with Crippen LogP contribution in [0.4, 0.5) is 0 Å². The van der Waals surface area contributed by atoms with Crippen molar-refractivity contribution in [2.75, 3.05) is 54.4 Å². The summed E-state index contributed by atoms with van der Waals surface area (Å²) in [6.07, 6.45) is 13.2. The Labute approximate surface area is 200 Å². The summed E-state index contributed by atoms with van der Waals surface area (Å²) < 4.78 is 5.95. The van der Waals surface area contributed by atoms with E-state index in [1.54, 1.807) is 0 Å². The van der Waals surface area contributed by atoms with Gasteiger partial charge < -0.3 is 19.9 Å². The lowest BCUT2D eigenvalue weighted by molar-refractivity contribution is 0.205. The maximum Gasteiger partial charge on any atom is 0.119 e. The van der Waals surface area contributed by atoms with Crippen molar-refractivity contribution in [1.82, 2.24) is 15.1 Å². The van der Waals surface area contributed by atoms with Gasteiger partial charge in [0.15, 0.2) is 0 Å². The van der Waals surface area contributed by atoms with Gasteiger partial charge in [0.1, 0.15) is 5.75 Å². The number of nitrogens with one attached hydrogen (secondary N) is 1. The van der Waals surface area contributed by atoms with Crippen molar-refractivity contribution < 1.29 is 4.74 Å². The minimum Gasteiger partial charge on any atom is -0.494 e. The number of ether oxygens (including phenoxy) is 1. The first-order valence-corrected chi connectivity index (χ1v) is 13.3. The van der Waals surface area contributed by atoms with E-state index in [2.05, 4.69) is 67.3 Å². The smallest absolute Gasteiger partial charge is 0.119 e. The molecule has 1 aliphatic heterocycles. The fraction of sp³-hybridized carbons (Fsp3) is 0.786. The summed E-state index contributed by atoms with van der Waals surface area (Å²) in [5, 5.41) is 2.75. The van der Waals surface area contributed by atoms with Crippen molar-refractivity contribution in [2.45, 2.75) is 90.0 Å². The van der Waals surface area contributed by atoms with Gasteiger partial charge in [-0.25, -0.2) is 0 Å². The molecule has 0 bridgehead atoms. The van der Waals surface area contributed by atoms with Crippen LogP contribution < -0.4 is 10.1 Å². The average Bonchev–Trinajstić information content (AvgIpc) is 2.84. The molecule has 0 unspecified atom stereocenters. The van der Waals surface area contributed by atoms with Crippen molar-refractivity contribution in [3.8, 4) is 5.75 Å². The van der Waals surface area contributed by atoms with Gasteiger partial charge in [-0.15, -0.1) is 0 Å². The highest BCUT2D eigenvalue weighted by Crippen LogP contribution is 2.34. The van der Waals surface area contributed by atoms with Crippen LogP contribution in [-0.2, 0) is 0 Å². The van der Waals surface area contributed by atoms with E-state index < -0.39 is 0 Å². The predicted molar refractivity (Wildman–Crippen MR) is 141 cm³/mol. The molecule has 186 valence electrons. The van der Waals surface area contributed by atoms with Gasteiger partial charge >= 0.3 is 0 Å². The van der Waals surface area contributed by atoms with Crippen molar-refractivity contribution in [2.24, 2.45) is 0 Å². The third kappa shape index (κ3) is 12.2. The Hall–Kier alpha value is -1.10. The quantitative estimate of drug-likeness (QED) is 0.482. The lowest BCUT2D eigenvalue weighted by atomic mass is 9.81. The fourth-order valence-electron chi connectivity index (χ4n) is 4.42. The molecule has 1 aromatic rings. The van der Waals surface area contributed by atoms with Crippen LogP contribution in [0, 0.1) is 0 Å². The molecule has 1 aromatic carbocycles. The Kier molecular flexibility index (Phi) is 16.6. The molecule has 1 aliphatic carbocycles. The Balaban J connectivity index is 0.000000645. The standard InChI is InChI=1S/C22H36N2O.C4H10.C2H7N/c1-23(2)21-11-7-19(8-12-21)20-9-13-22(14-10-20)25-18-6-17-24-15-4-3-5-16-24;1-3-4-2;1-3-2/h9-10,13-14,19,21H,3-8,11-12,15-18H2,1-2H3;3-4H2,1-2H3;3H,1-2H3. The van der Waals surface area contributed by atoms with E-state index in [-0.39, 0.29) is 0 Å². The van der Waals surface area contributed by atoms with Gasteiger partial charge in [-0.05, 0) is 110 Å². The molecule has 32 heavy (non-hydrogen) atoms. The topological polar surface area (TPSA) is 27.7 Å². The highest BCUT2D eigenvalue weighted by molar-refractivity contribution is 5.29. The first-order valence-electron chi connectivity index (χ1n) is 13.3. The van der Waals surface area contributed by atoms with Crippen LogP contribution in [0.5, 0.6) is 5.75 Å². The maximum absolute atomic E-state index is 5.95. The number of hydrogen-bond donors (Lipinski definition) is 1. The van der Waals surface area contributed by atoms with Gasteiger partial charge in [0.25, 0.3) is 0 Å². The van der Waals surface area contributed by atoms with Crippen molar-refractivity contribution in [3.63, 3.8) is 0 Å². The summed E-state index contributed by atoms with van der Waals surface area (Å²) in [7, 11) is 8.17. The first kappa shape index (κ1) is 28.9. The van der Waals surface area contributed by atoms with Crippen LogP contribution in [0.15, 0.2) is 24.3 Å². The van der Waals surface area contributed by atoms with Crippen LogP contribution in [0.3, 0.4) is 0 Å². The summed E-state index contributed by atoms with van der Waals surface area (Å²) in [6.45, 7) is 8.95.